The lowest BCUT2D eigenvalue weighted by Crippen LogP contribution is -2.29. The van der Waals surface area contributed by atoms with Crippen molar-refractivity contribution in [1.82, 2.24) is 10.3 Å². The molecule has 3 aromatic rings. The first-order chi connectivity index (χ1) is 12.3. The minimum Gasteiger partial charge on any atom is -0.360 e. The van der Waals surface area contributed by atoms with Crippen LogP contribution in [0.2, 0.25) is 0 Å². The van der Waals surface area contributed by atoms with Crippen LogP contribution in [0.15, 0.2) is 54.7 Å². The van der Waals surface area contributed by atoms with Crippen LogP contribution in [0.25, 0.3) is 10.9 Å². The van der Waals surface area contributed by atoms with Crippen molar-refractivity contribution in [3.8, 4) is 0 Å². The zero-order chi connectivity index (χ0) is 17.6. The summed E-state index contributed by atoms with van der Waals surface area (Å²) >= 11 is 0. The number of benzene rings is 2. The Bertz CT molecular complexity index is 836. The van der Waals surface area contributed by atoms with Gasteiger partial charge in [0.05, 0.1) is 6.04 Å². The Kier molecular flexibility index (Phi) is 5.67. The van der Waals surface area contributed by atoms with Crippen molar-refractivity contribution in [1.29, 1.82) is 0 Å². The smallest absolute Gasteiger partial charge is 0.186 e. The van der Waals surface area contributed by atoms with E-state index in [1.54, 1.807) is 0 Å². The highest BCUT2D eigenvalue weighted by atomic mass is 16.1. The lowest BCUT2D eigenvalue weighted by Gasteiger charge is -2.18. The first-order valence-corrected chi connectivity index (χ1v) is 9.17. The highest BCUT2D eigenvalue weighted by Gasteiger charge is 2.24. The van der Waals surface area contributed by atoms with Gasteiger partial charge in [-0.2, -0.15) is 0 Å². The topological polar surface area (TPSA) is 44.9 Å². The third kappa shape index (κ3) is 3.67. The second-order valence-electron chi connectivity index (χ2n) is 6.41. The second kappa shape index (κ2) is 8.13. The number of unbranched alkanes of at least 4 members (excludes halogenated alkanes) is 1. The monoisotopic (exact) mass is 334 g/mol. The Morgan fingerprint density at radius 1 is 1.08 bits per heavy atom. The number of rotatable bonds is 8. The molecule has 1 aromatic heterocycles. The van der Waals surface area contributed by atoms with Crippen LogP contribution in [0.3, 0.4) is 0 Å². The maximum absolute atomic E-state index is 13.3. The molecule has 3 heteroatoms. The van der Waals surface area contributed by atoms with Crippen molar-refractivity contribution in [2.45, 2.75) is 39.2 Å². The molecule has 0 fully saturated rings. The van der Waals surface area contributed by atoms with Crippen LogP contribution >= 0.6 is 0 Å². The van der Waals surface area contributed by atoms with Gasteiger partial charge in [0, 0.05) is 22.7 Å². The molecule has 0 aliphatic rings. The molecule has 0 saturated carbocycles. The van der Waals surface area contributed by atoms with E-state index in [1.807, 2.05) is 48.7 Å². The maximum atomic E-state index is 13.3. The van der Waals surface area contributed by atoms with Crippen molar-refractivity contribution in [2.24, 2.45) is 0 Å². The molecule has 0 amide bonds. The van der Waals surface area contributed by atoms with Gasteiger partial charge in [-0.05, 0) is 30.5 Å². The number of ketones is 1. The molecule has 1 heterocycles. The predicted molar refractivity (Wildman–Crippen MR) is 104 cm³/mol. The standard InChI is InChI=1S/C22H26N2O/c1-3-5-14-23-21(17-10-7-6-8-11-17)22(25)19-15-24-20-16(4-2)12-9-13-18(19)20/h6-13,15,21,23-24H,3-5,14H2,1-2H3. The van der Waals surface area contributed by atoms with Crippen molar-refractivity contribution in [3.63, 3.8) is 0 Å². The molecule has 0 saturated heterocycles. The first kappa shape index (κ1) is 17.4. The number of carbonyl (C=O) groups excluding carboxylic acids is 1. The van der Waals surface area contributed by atoms with Crippen LogP contribution in [0.5, 0.6) is 0 Å². The van der Waals surface area contributed by atoms with Gasteiger partial charge < -0.3 is 10.3 Å². The maximum Gasteiger partial charge on any atom is 0.186 e. The molecule has 1 unspecified atom stereocenters. The first-order valence-electron chi connectivity index (χ1n) is 9.17. The fourth-order valence-corrected chi connectivity index (χ4v) is 3.30. The summed E-state index contributed by atoms with van der Waals surface area (Å²) in [6, 6.07) is 15.9. The van der Waals surface area contributed by atoms with Gasteiger partial charge in [-0.3, -0.25) is 4.79 Å². The van der Waals surface area contributed by atoms with E-state index >= 15 is 0 Å². The van der Waals surface area contributed by atoms with Crippen LogP contribution in [0.1, 0.15) is 54.2 Å². The minimum absolute atomic E-state index is 0.127. The number of fused-ring (bicyclic) bond motifs is 1. The molecule has 3 nitrogen and oxygen atoms in total. The number of carbonyl (C=O) groups is 1. The minimum atomic E-state index is -0.308. The van der Waals surface area contributed by atoms with Crippen LogP contribution in [-0.2, 0) is 6.42 Å². The van der Waals surface area contributed by atoms with Crippen LogP contribution < -0.4 is 5.32 Å². The van der Waals surface area contributed by atoms with E-state index in [0.717, 1.165) is 47.8 Å². The van der Waals surface area contributed by atoms with E-state index in [0.29, 0.717) is 0 Å². The molecule has 2 N–H and O–H groups in total. The third-order valence-corrected chi connectivity index (χ3v) is 4.72. The normalized spacial score (nSPS) is 12.4. The Morgan fingerprint density at radius 2 is 1.88 bits per heavy atom. The Balaban J connectivity index is 1.97. The van der Waals surface area contributed by atoms with Gasteiger partial charge in [0.1, 0.15) is 0 Å². The summed E-state index contributed by atoms with van der Waals surface area (Å²) in [5.74, 6) is 0.127. The summed E-state index contributed by atoms with van der Waals surface area (Å²) in [7, 11) is 0. The highest BCUT2D eigenvalue weighted by Crippen LogP contribution is 2.27. The van der Waals surface area contributed by atoms with E-state index in [9.17, 15) is 4.79 Å². The lowest BCUT2D eigenvalue weighted by molar-refractivity contribution is 0.0944. The van der Waals surface area contributed by atoms with E-state index in [-0.39, 0.29) is 11.8 Å². The molecular formula is C22H26N2O. The molecule has 0 radical (unpaired) electrons. The van der Waals surface area contributed by atoms with Gasteiger partial charge in [0.2, 0.25) is 0 Å². The summed E-state index contributed by atoms with van der Waals surface area (Å²) < 4.78 is 0. The Labute approximate surface area is 149 Å². The third-order valence-electron chi connectivity index (χ3n) is 4.72. The zero-order valence-electron chi connectivity index (χ0n) is 15.0. The number of nitrogens with one attached hydrogen (secondary N) is 2. The largest absolute Gasteiger partial charge is 0.360 e. The van der Waals surface area contributed by atoms with Crippen LogP contribution in [0, 0.1) is 0 Å². The van der Waals surface area contributed by atoms with Gasteiger partial charge in [-0.25, -0.2) is 0 Å². The lowest BCUT2D eigenvalue weighted by atomic mass is 9.96. The quantitative estimate of drug-likeness (QED) is 0.447. The SMILES string of the molecule is CCCCNC(C(=O)c1c[nH]c2c(CC)cccc12)c1ccccc1. The van der Waals surface area contributed by atoms with Gasteiger partial charge >= 0.3 is 0 Å². The average molecular weight is 334 g/mol. The highest BCUT2D eigenvalue weighted by molar-refractivity contribution is 6.11. The molecule has 0 aliphatic heterocycles. The number of aryl methyl sites for hydroxylation is 1. The van der Waals surface area contributed by atoms with Crippen LogP contribution in [0.4, 0.5) is 0 Å². The van der Waals surface area contributed by atoms with Gasteiger partial charge in [-0.15, -0.1) is 0 Å². The van der Waals surface area contributed by atoms with Crippen molar-refractivity contribution >= 4 is 16.7 Å². The molecule has 0 aliphatic carbocycles. The van der Waals surface area contributed by atoms with E-state index < -0.39 is 0 Å². The Hall–Kier alpha value is -2.39. The number of aromatic amines is 1. The number of Topliss-reactive ketones (excluding diaryl/α,β-unsaturated/α-hetero) is 1. The molecule has 2 aromatic carbocycles. The van der Waals surface area contributed by atoms with Crippen molar-refractivity contribution < 1.29 is 4.79 Å². The van der Waals surface area contributed by atoms with E-state index in [4.69, 9.17) is 0 Å². The summed E-state index contributed by atoms with van der Waals surface area (Å²) in [5.41, 5.74) is 4.10. The fraction of sp³-hybridized carbons (Fsp3) is 0.318. The van der Waals surface area contributed by atoms with Gasteiger partial charge in [0.25, 0.3) is 0 Å². The number of hydrogen-bond donors (Lipinski definition) is 2. The van der Waals surface area contributed by atoms with Gasteiger partial charge in [0.15, 0.2) is 5.78 Å². The van der Waals surface area contributed by atoms with Gasteiger partial charge in [-0.1, -0.05) is 68.8 Å². The van der Waals surface area contributed by atoms with Crippen LogP contribution in [-0.4, -0.2) is 17.3 Å². The summed E-state index contributed by atoms with van der Waals surface area (Å²) in [6.07, 6.45) is 4.98. The fourth-order valence-electron chi connectivity index (χ4n) is 3.30. The summed E-state index contributed by atoms with van der Waals surface area (Å²) in [4.78, 5) is 16.6. The molecule has 1 atom stereocenters. The molecule has 130 valence electrons. The number of para-hydroxylation sites is 1. The summed E-state index contributed by atoms with van der Waals surface area (Å²) in [5, 5.41) is 4.47. The predicted octanol–water partition coefficient (Wildman–Crippen LogP) is 5.04. The molecular weight excluding hydrogens is 308 g/mol. The number of H-pyrrole nitrogens is 1. The average Bonchev–Trinajstić information content (AvgIpc) is 3.09. The molecule has 3 rings (SSSR count). The van der Waals surface area contributed by atoms with E-state index in [2.05, 4.69) is 30.2 Å². The molecule has 0 bridgehead atoms. The zero-order valence-corrected chi connectivity index (χ0v) is 15.0. The molecule has 0 spiro atoms. The number of hydrogen-bond acceptors (Lipinski definition) is 2. The number of aromatic nitrogens is 1. The van der Waals surface area contributed by atoms with Crippen molar-refractivity contribution in [2.75, 3.05) is 6.54 Å². The summed E-state index contributed by atoms with van der Waals surface area (Å²) in [6.45, 7) is 5.13. The molecule has 25 heavy (non-hydrogen) atoms. The Morgan fingerprint density at radius 3 is 2.60 bits per heavy atom. The second-order valence-corrected chi connectivity index (χ2v) is 6.41. The van der Waals surface area contributed by atoms with E-state index in [1.165, 1.54) is 5.56 Å². The van der Waals surface area contributed by atoms with Crippen molar-refractivity contribution in [3.05, 3.63) is 71.4 Å².